The summed E-state index contributed by atoms with van der Waals surface area (Å²) in [6.45, 7) is 6.01. The minimum absolute atomic E-state index is 0.402. The van der Waals surface area contributed by atoms with Crippen molar-refractivity contribution in [2.75, 3.05) is 6.54 Å². The summed E-state index contributed by atoms with van der Waals surface area (Å²) in [6, 6.07) is 5.43. The van der Waals surface area contributed by atoms with E-state index in [0.717, 1.165) is 5.56 Å². The number of ether oxygens (including phenoxy) is 1. The van der Waals surface area contributed by atoms with Gasteiger partial charge in [0.15, 0.2) is 0 Å². The number of halogens is 2. The highest BCUT2D eigenvalue weighted by atomic mass is 35.5. The minimum atomic E-state index is -0.472. The number of hydrogen-bond acceptors (Lipinski definition) is 2. The standard InChI is InChI=1S/C15H19Cl2NO2/c1-15(2,3)20-14(19)18-9-5-4-6-11-7-8-12(16)13(17)10-11/h4,6-8,10H,5,9H2,1-3H3,(H,18,19). The first-order valence-electron chi connectivity index (χ1n) is 6.36. The van der Waals surface area contributed by atoms with Gasteiger partial charge in [-0.25, -0.2) is 4.79 Å². The topological polar surface area (TPSA) is 38.3 Å². The number of rotatable bonds is 4. The molecule has 0 atom stereocenters. The van der Waals surface area contributed by atoms with Crippen LogP contribution in [0.4, 0.5) is 4.79 Å². The molecule has 0 saturated heterocycles. The Morgan fingerprint density at radius 1 is 1.30 bits per heavy atom. The second kappa shape index (κ2) is 7.55. The molecule has 0 aliphatic carbocycles. The Bertz CT molecular complexity index is 493. The zero-order chi connectivity index (χ0) is 15.2. The molecule has 20 heavy (non-hydrogen) atoms. The highest BCUT2D eigenvalue weighted by Gasteiger charge is 2.15. The van der Waals surface area contributed by atoms with Gasteiger partial charge in [0, 0.05) is 6.54 Å². The summed E-state index contributed by atoms with van der Waals surface area (Å²) in [5, 5.41) is 3.75. The molecule has 0 aliphatic rings. The molecule has 0 saturated carbocycles. The Hall–Kier alpha value is -1.19. The van der Waals surface area contributed by atoms with Crippen LogP contribution in [0.5, 0.6) is 0 Å². The maximum atomic E-state index is 11.4. The molecule has 0 spiro atoms. The van der Waals surface area contributed by atoms with Crippen LogP contribution in [-0.4, -0.2) is 18.2 Å². The van der Waals surface area contributed by atoms with Gasteiger partial charge in [0.2, 0.25) is 0 Å². The highest BCUT2D eigenvalue weighted by molar-refractivity contribution is 6.42. The first kappa shape index (κ1) is 16.9. The van der Waals surface area contributed by atoms with Crippen LogP contribution in [0.3, 0.4) is 0 Å². The Balaban J connectivity index is 2.32. The molecule has 0 aliphatic heterocycles. The molecule has 0 heterocycles. The van der Waals surface area contributed by atoms with E-state index in [1.54, 1.807) is 12.1 Å². The maximum absolute atomic E-state index is 11.4. The van der Waals surface area contributed by atoms with Crippen molar-refractivity contribution in [2.45, 2.75) is 32.8 Å². The second-order valence-electron chi connectivity index (χ2n) is 5.29. The summed E-state index contributed by atoms with van der Waals surface area (Å²) in [5.41, 5.74) is 0.497. The van der Waals surface area contributed by atoms with Gasteiger partial charge in [-0.2, -0.15) is 0 Å². The van der Waals surface area contributed by atoms with Gasteiger partial charge in [0.25, 0.3) is 0 Å². The number of benzene rings is 1. The largest absolute Gasteiger partial charge is 0.444 e. The number of hydrogen-bond donors (Lipinski definition) is 1. The Morgan fingerprint density at radius 2 is 2.00 bits per heavy atom. The van der Waals surface area contributed by atoms with Crippen LogP contribution in [0.15, 0.2) is 24.3 Å². The third kappa shape index (κ3) is 6.83. The molecule has 1 aromatic rings. The molecule has 1 amide bonds. The molecule has 0 bridgehead atoms. The van der Waals surface area contributed by atoms with E-state index >= 15 is 0 Å². The van der Waals surface area contributed by atoms with E-state index in [1.165, 1.54) is 0 Å². The Labute approximate surface area is 129 Å². The van der Waals surface area contributed by atoms with Crippen molar-refractivity contribution in [3.05, 3.63) is 39.9 Å². The van der Waals surface area contributed by atoms with Crippen molar-refractivity contribution >= 4 is 35.4 Å². The van der Waals surface area contributed by atoms with Crippen molar-refractivity contribution in [1.82, 2.24) is 5.32 Å². The van der Waals surface area contributed by atoms with Crippen LogP contribution in [0.1, 0.15) is 32.8 Å². The molecule has 0 aromatic heterocycles. The molecule has 0 radical (unpaired) electrons. The van der Waals surface area contributed by atoms with Crippen LogP contribution in [0, 0.1) is 0 Å². The summed E-state index contributed by atoms with van der Waals surface area (Å²) in [4.78, 5) is 11.4. The molecular weight excluding hydrogens is 297 g/mol. The average molecular weight is 316 g/mol. The lowest BCUT2D eigenvalue weighted by molar-refractivity contribution is 0.0529. The lowest BCUT2D eigenvalue weighted by atomic mass is 10.2. The van der Waals surface area contributed by atoms with E-state index in [0.29, 0.717) is 23.0 Å². The van der Waals surface area contributed by atoms with Crippen molar-refractivity contribution in [3.8, 4) is 0 Å². The molecule has 1 rings (SSSR count). The molecular formula is C15H19Cl2NO2. The van der Waals surface area contributed by atoms with Crippen LogP contribution in [0.2, 0.25) is 10.0 Å². The summed E-state index contributed by atoms with van der Waals surface area (Å²) >= 11 is 11.8. The zero-order valence-electron chi connectivity index (χ0n) is 11.9. The fourth-order valence-corrected chi connectivity index (χ4v) is 1.71. The molecule has 5 heteroatoms. The number of carbonyl (C=O) groups excluding carboxylic acids is 1. The van der Waals surface area contributed by atoms with Crippen LogP contribution < -0.4 is 5.32 Å². The molecule has 0 unspecified atom stereocenters. The summed E-state index contributed by atoms with van der Waals surface area (Å²) in [5.74, 6) is 0. The number of alkyl carbamates (subject to hydrolysis) is 1. The van der Waals surface area contributed by atoms with E-state index in [-0.39, 0.29) is 0 Å². The van der Waals surface area contributed by atoms with Gasteiger partial charge in [-0.05, 0) is 44.9 Å². The number of nitrogens with one attached hydrogen (secondary N) is 1. The zero-order valence-corrected chi connectivity index (χ0v) is 13.4. The molecule has 3 nitrogen and oxygen atoms in total. The van der Waals surface area contributed by atoms with E-state index in [1.807, 2.05) is 39.0 Å². The van der Waals surface area contributed by atoms with Gasteiger partial charge in [-0.3, -0.25) is 0 Å². The lowest BCUT2D eigenvalue weighted by Gasteiger charge is -2.19. The third-order valence-corrected chi connectivity index (χ3v) is 2.97. The first-order valence-corrected chi connectivity index (χ1v) is 7.12. The Morgan fingerprint density at radius 3 is 2.60 bits per heavy atom. The number of amides is 1. The summed E-state index contributed by atoms with van der Waals surface area (Å²) in [7, 11) is 0. The lowest BCUT2D eigenvalue weighted by Crippen LogP contribution is -2.32. The van der Waals surface area contributed by atoms with E-state index in [2.05, 4.69) is 5.32 Å². The van der Waals surface area contributed by atoms with Crippen molar-refractivity contribution < 1.29 is 9.53 Å². The van der Waals surface area contributed by atoms with E-state index < -0.39 is 11.7 Å². The molecule has 1 N–H and O–H groups in total. The highest BCUT2D eigenvalue weighted by Crippen LogP contribution is 2.23. The summed E-state index contributed by atoms with van der Waals surface area (Å²) < 4.78 is 5.13. The van der Waals surface area contributed by atoms with Crippen molar-refractivity contribution in [1.29, 1.82) is 0 Å². The molecule has 110 valence electrons. The van der Waals surface area contributed by atoms with Gasteiger partial charge >= 0.3 is 6.09 Å². The van der Waals surface area contributed by atoms with Gasteiger partial charge in [0.1, 0.15) is 5.60 Å². The predicted octanol–water partition coefficient (Wildman–Crippen LogP) is 4.92. The van der Waals surface area contributed by atoms with E-state index in [9.17, 15) is 4.79 Å². The van der Waals surface area contributed by atoms with Crippen molar-refractivity contribution in [3.63, 3.8) is 0 Å². The maximum Gasteiger partial charge on any atom is 0.407 e. The normalized spacial score (nSPS) is 11.7. The van der Waals surface area contributed by atoms with Gasteiger partial charge in [0.05, 0.1) is 10.0 Å². The van der Waals surface area contributed by atoms with Gasteiger partial charge in [-0.15, -0.1) is 0 Å². The fraction of sp³-hybridized carbons (Fsp3) is 0.400. The van der Waals surface area contributed by atoms with Gasteiger partial charge in [-0.1, -0.05) is 41.4 Å². The smallest absolute Gasteiger partial charge is 0.407 e. The van der Waals surface area contributed by atoms with E-state index in [4.69, 9.17) is 27.9 Å². The quantitative estimate of drug-likeness (QED) is 0.801. The van der Waals surface area contributed by atoms with Crippen LogP contribution in [0.25, 0.3) is 6.08 Å². The number of carbonyl (C=O) groups is 1. The van der Waals surface area contributed by atoms with Crippen LogP contribution in [-0.2, 0) is 4.74 Å². The van der Waals surface area contributed by atoms with Crippen LogP contribution >= 0.6 is 23.2 Å². The fourth-order valence-electron chi connectivity index (χ4n) is 1.41. The second-order valence-corrected chi connectivity index (χ2v) is 6.11. The minimum Gasteiger partial charge on any atom is -0.444 e. The van der Waals surface area contributed by atoms with Crippen molar-refractivity contribution in [2.24, 2.45) is 0 Å². The third-order valence-electron chi connectivity index (χ3n) is 2.23. The summed E-state index contributed by atoms with van der Waals surface area (Å²) in [6.07, 6.45) is 4.19. The molecule has 1 aromatic carbocycles. The molecule has 0 fully saturated rings. The van der Waals surface area contributed by atoms with Gasteiger partial charge < -0.3 is 10.1 Å². The predicted molar refractivity (Wildman–Crippen MR) is 84.3 cm³/mol. The monoisotopic (exact) mass is 315 g/mol. The first-order chi connectivity index (χ1) is 9.28. The SMILES string of the molecule is CC(C)(C)OC(=O)NCCC=Cc1ccc(Cl)c(Cl)c1. The average Bonchev–Trinajstić information content (AvgIpc) is 2.31. The Kier molecular flexibility index (Phi) is 6.37.